The lowest BCUT2D eigenvalue weighted by atomic mass is 9.93. The smallest absolute Gasteiger partial charge is 0.294 e. The number of aliphatic hydroxyl groups is 1. The van der Waals surface area contributed by atoms with Crippen LogP contribution in [0, 0.1) is 0 Å². The second-order valence-electron chi connectivity index (χ2n) is 9.05. The molecular formula is C30H32N2O4. The van der Waals surface area contributed by atoms with Crippen LogP contribution in [0.1, 0.15) is 36.9 Å². The van der Waals surface area contributed by atoms with Crippen LogP contribution < -0.4 is 14.5 Å². The van der Waals surface area contributed by atoms with E-state index in [-0.39, 0.29) is 17.8 Å². The van der Waals surface area contributed by atoms with Gasteiger partial charge < -0.3 is 14.7 Å². The van der Waals surface area contributed by atoms with Crippen LogP contribution in [0.15, 0.2) is 90.2 Å². The van der Waals surface area contributed by atoms with Crippen LogP contribution in [0.25, 0.3) is 0 Å². The molecule has 0 fully saturated rings. The van der Waals surface area contributed by atoms with Crippen LogP contribution in [0.5, 0.6) is 5.75 Å². The van der Waals surface area contributed by atoms with Crippen molar-refractivity contribution in [1.29, 1.82) is 0 Å². The molecule has 1 aliphatic heterocycles. The molecule has 186 valence electrons. The van der Waals surface area contributed by atoms with Crippen molar-refractivity contribution in [3.05, 3.63) is 101 Å². The van der Waals surface area contributed by atoms with Crippen LogP contribution in [-0.2, 0) is 16.0 Å². The fourth-order valence-electron chi connectivity index (χ4n) is 4.44. The van der Waals surface area contributed by atoms with Gasteiger partial charge in [0.2, 0.25) is 0 Å². The number of ketones is 1. The number of carbonyl (C=O) groups is 2. The Hall–Kier alpha value is -4.06. The summed E-state index contributed by atoms with van der Waals surface area (Å²) in [4.78, 5) is 30.5. The number of para-hydroxylation sites is 2. The van der Waals surface area contributed by atoms with Gasteiger partial charge in [-0.2, -0.15) is 0 Å². The molecule has 0 spiro atoms. The number of hydrogen-bond acceptors (Lipinski definition) is 5. The molecule has 1 aliphatic rings. The lowest BCUT2D eigenvalue weighted by Crippen LogP contribution is -2.31. The van der Waals surface area contributed by atoms with E-state index in [1.807, 2.05) is 92.6 Å². The van der Waals surface area contributed by atoms with Crippen LogP contribution in [0.4, 0.5) is 11.4 Å². The van der Waals surface area contributed by atoms with Gasteiger partial charge in [0.1, 0.15) is 5.75 Å². The Morgan fingerprint density at radius 2 is 1.64 bits per heavy atom. The number of carbonyl (C=O) groups excluding carboxylic acids is 2. The van der Waals surface area contributed by atoms with Crippen molar-refractivity contribution in [2.24, 2.45) is 0 Å². The molecule has 1 heterocycles. The van der Waals surface area contributed by atoms with Crippen molar-refractivity contribution in [1.82, 2.24) is 0 Å². The van der Waals surface area contributed by atoms with Gasteiger partial charge in [-0.25, -0.2) is 0 Å². The Morgan fingerprint density at radius 3 is 2.31 bits per heavy atom. The average molecular weight is 485 g/mol. The second kappa shape index (κ2) is 11.1. The molecular weight excluding hydrogens is 452 g/mol. The molecule has 6 heteroatoms. The first kappa shape index (κ1) is 25.0. The summed E-state index contributed by atoms with van der Waals surface area (Å²) in [5.41, 5.74) is 3.41. The van der Waals surface area contributed by atoms with Crippen LogP contribution in [0.2, 0.25) is 0 Å². The molecule has 0 bridgehead atoms. The van der Waals surface area contributed by atoms with Gasteiger partial charge in [-0.15, -0.1) is 0 Å². The first-order chi connectivity index (χ1) is 17.4. The summed E-state index contributed by atoms with van der Waals surface area (Å²) in [6, 6.07) is 23.9. The molecule has 0 aromatic heterocycles. The van der Waals surface area contributed by atoms with Crippen molar-refractivity contribution in [3.63, 3.8) is 0 Å². The van der Waals surface area contributed by atoms with Crippen molar-refractivity contribution in [3.8, 4) is 5.75 Å². The third kappa shape index (κ3) is 5.13. The molecule has 36 heavy (non-hydrogen) atoms. The van der Waals surface area contributed by atoms with Crippen molar-refractivity contribution >= 4 is 23.1 Å². The molecule has 0 saturated heterocycles. The van der Waals surface area contributed by atoms with Crippen molar-refractivity contribution in [2.45, 2.75) is 32.2 Å². The highest BCUT2D eigenvalue weighted by Gasteiger charge is 2.45. The van der Waals surface area contributed by atoms with Crippen molar-refractivity contribution in [2.75, 3.05) is 30.5 Å². The van der Waals surface area contributed by atoms with E-state index in [1.54, 1.807) is 12.1 Å². The number of anilines is 2. The maximum atomic E-state index is 13.5. The van der Waals surface area contributed by atoms with E-state index in [2.05, 4.69) is 0 Å². The van der Waals surface area contributed by atoms with Gasteiger partial charge in [-0.1, -0.05) is 61.5 Å². The van der Waals surface area contributed by atoms with Gasteiger partial charge in [0, 0.05) is 26.2 Å². The molecule has 0 aliphatic carbocycles. The molecule has 0 saturated carbocycles. The average Bonchev–Trinajstić information content (AvgIpc) is 3.17. The number of nitrogens with zero attached hydrogens (tertiary/aromatic N) is 2. The molecule has 4 rings (SSSR count). The molecule has 6 nitrogen and oxygen atoms in total. The number of hydrogen-bond donors (Lipinski definition) is 1. The van der Waals surface area contributed by atoms with E-state index in [9.17, 15) is 14.7 Å². The Labute approximate surface area is 212 Å². The zero-order chi connectivity index (χ0) is 25.7. The lowest BCUT2D eigenvalue weighted by molar-refractivity contribution is -0.118. The Balaban J connectivity index is 1.75. The number of rotatable bonds is 10. The van der Waals surface area contributed by atoms with Crippen LogP contribution in [-0.4, -0.2) is 37.5 Å². The maximum absolute atomic E-state index is 13.5. The van der Waals surface area contributed by atoms with Gasteiger partial charge in [-0.3, -0.25) is 14.5 Å². The quantitative estimate of drug-likeness (QED) is 0.403. The number of ether oxygens (including phenoxy) is 1. The highest BCUT2D eigenvalue weighted by atomic mass is 16.5. The summed E-state index contributed by atoms with van der Waals surface area (Å²) in [6.07, 6.45) is 1.52. The predicted octanol–water partition coefficient (Wildman–Crippen LogP) is 5.64. The maximum Gasteiger partial charge on any atom is 0.294 e. The highest BCUT2D eigenvalue weighted by molar-refractivity contribution is 6.17. The molecule has 1 atom stereocenters. The van der Waals surface area contributed by atoms with E-state index < -0.39 is 17.7 Å². The summed E-state index contributed by atoms with van der Waals surface area (Å²) in [7, 11) is 3.90. The van der Waals surface area contributed by atoms with Gasteiger partial charge in [-0.05, 0) is 48.2 Å². The summed E-state index contributed by atoms with van der Waals surface area (Å²) in [6.45, 7) is 2.50. The van der Waals surface area contributed by atoms with E-state index in [0.717, 1.165) is 23.2 Å². The van der Waals surface area contributed by atoms with E-state index >= 15 is 0 Å². The molecule has 0 radical (unpaired) electrons. The minimum Gasteiger partial charge on any atom is -0.503 e. The summed E-state index contributed by atoms with van der Waals surface area (Å²) >= 11 is 0. The number of benzene rings is 3. The first-order valence-corrected chi connectivity index (χ1v) is 12.2. The fourth-order valence-corrected chi connectivity index (χ4v) is 4.44. The number of aryl methyl sites for hydroxylation is 1. The lowest BCUT2D eigenvalue weighted by Gasteiger charge is -2.29. The second-order valence-corrected chi connectivity index (χ2v) is 9.05. The van der Waals surface area contributed by atoms with Gasteiger partial charge in [0.15, 0.2) is 11.5 Å². The van der Waals surface area contributed by atoms with E-state index in [0.29, 0.717) is 24.5 Å². The van der Waals surface area contributed by atoms with Crippen LogP contribution >= 0.6 is 0 Å². The Bertz CT molecular complexity index is 1250. The highest BCUT2D eigenvalue weighted by Crippen LogP contribution is 2.44. The number of aliphatic hydroxyl groups excluding tert-OH is 1. The van der Waals surface area contributed by atoms with E-state index in [4.69, 9.17) is 4.74 Å². The van der Waals surface area contributed by atoms with E-state index in [1.165, 1.54) is 4.90 Å². The van der Waals surface area contributed by atoms with Gasteiger partial charge in [0.25, 0.3) is 5.91 Å². The zero-order valence-corrected chi connectivity index (χ0v) is 21.0. The SMILES string of the molecule is CCCOc1ccccc1N1C(=O)C(O)=C(C(=O)CCc2ccccc2)C1c1ccc(N(C)C)cc1. The van der Waals surface area contributed by atoms with Gasteiger partial charge in [0.05, 0.1) is 23.9 Å². The van der Waals surface area contributed by atoms with Gasteiger partial charge >= 0.3 is 0 Å². The fraction of sp³-hybridized carbons (Fsp3) is 0.267. The standard InChI is InChI=1S/C30H32N2O4/c1-4-20-36-26-13-9-8-12-24(26)32-28(22-15-17-23(18-16-22)31(2)3)27(29(34)30(32)35)25(33)19-14-21-10-6-5-7-11-21/h5-13,15-18,28,34H,4,14,19-20H2,1-3H3. The monoisotopic (exact) mass is 484 g/mol. The molecule has 1 N–H and O–H groups in total. The number of Topliss-reactive ketones (excluding diaryl/α,β-unsaturated/α-hetero) is 1. The summed E-state index contributed by atoms with van der Waals surface area (Å²) in [5.74, 6) is -0.818. The molecule has 1 amide bonds. The molecule has 3 aromatic rings. The minimum atomic E-state index is -0.761. The number of amides is 1. The first-order valence-electron chi connectivity index (χ1n) is 12.2. The van der Waals surface area contributed by atoms with Crippen molar-refractivity contribution < 1.29 is 19.4 Å². The summed E-state index contributed by atoms with van der Waals surface area (Å²) < 4.78 is 5.93. The Morgan fingerprint density at radius 1 is 0.972 bits per heavy atom. The topological polar surface area (TPSA) is 70.1 Å². The molecule has 1 unspecified atom stereocenters. The Kier molecular flexibility index (Phi) is 7.74. The van der Waals surface area contributed by atoms with Crippen LogP contribution in [0.3, 0.4) is 0 Å². The zero-order valence-electron chi connectivity index (χ0n) is 21.0. The largest absolute Gasteiger partial charge is 0.503 e. The third-order valence-electron chi connectivity index (χ3n) is 6.30. The molecule has 3 aromatic carbocycles. The normalized spacial score (nSPS) is 15.4. The predicted molar refractivity (Wildman–Crippen MR) is 143 cm³/mol. The minimum absolute atomic E-state index is 0.124. The summed E-state index contributed by atoms with van der Waals surface area (Å²) in [5, 5.41) is 11.0. The third-order valence-corrected chi connectivity index (χ3v) is 6.30.